The smallest absolute Gasteiger partial charge is 0.257 e. The Balaban J connectivity index is 2.34. The molecule has 0 aliphatic rings. The average molecular weight is 361 g/mol. The highest BCUT2D eigenvalue weighted by molar-refractivity contribution is 6.04. The number of hydrogen-bond acceptors (Lipinski definition) is 5. The third kappa shape index (κ3) is 4.68. The van der Waals surface area contributed by atoms with Crippen LogP contribution in [0.4, 0.5) is 5.82 Å². The molecule has 1 aromatic heterocycles. The van der Waals surface area contributed by atoms with Gasteiger partial charge in [0.15, 0.2) is 11.5 Å². The molecule has 0 aliphatic heterocycles. The van der Waals surface area contributed by atoms with E-state index in [0.29, 0.717) is 48.5 Å². The van der Waals surface area contributed by atoms with Crippen LogP contribution in [0, 0.1) is 0 Å². The molecule has 1 amide bonds. The number of carbonyl (C=O) groups excluding carboxylic acids is 1. The number of hydrogen-bond donors (Lipinski definition) is 1. The Labute approximate surface area is 154 Å². The first-order chi connectivity index (χ1) is 12.6. The second-order valence-corrected chi connectivity index (χ2v) is 5.49. The van der Waals surface area contributed by atoms with Gasteiger partial charge < -0.3 is 19.5 Å². The van der Waals surface area contributed by atoms with Gasteiger partial charge in [-0.2, -0.15) is 5.10 Å². The Morgan fingerprint density at radius 1 is 1.04 bits per heavy atom. The number of benzene rings is 1. The molecule has 2 rings (SSSR count). The summed E-state index contributed by atoms with van der Waals surface area (Å²) in [6.07, 6.45) is 2.59. The Morgan fingerprint density at radius 3 is 2.19 bits per heavy atom. The van der Waals surface area contributed by atoms with Crippen molar-refractivity contribution in [3.05, 3.63) is 30.0 Å². The van der Waals surface area contributed by atoms with Crippen LogP contribution in [0.2, 0.25) is 0 Å². The molecule has 1 heterocycles. The van der Waals surface area contributed by atoms with Crippen LogP contribution >= 0.6 is 0 Å². The molecule has 2 aromatic rings. The fourth-order valence-corrected chi connectivity index (χ4v) is 2.54. The predicted octanol–water partition coefficient (Wildman–Crippen LogP) is 3.74. The van der Waals surface area contributed by atoms with E-state index in [-0.39, 0.29) is 5.91 Å². The summed E-state index contributed by atoms with van der Waals surface area (Å²) in [7, 11) is 0. The number of amides is 1. The van der Waals surface area contributed by atoms with Crippen molar-refractivity contribution in [3.8, 4) is 17.2 Å². The van der Waals surface area contributed by atoms with Crippen LogP contribution in [-0.4, -0.2) is 35.5 Å². The van der Waals surface area contributed by atoms with Gasteiger partial charge in [0.1, 0.15) is 5.82 Å². The average Bonchev–Trinajstić information content (AvgIpc) is 3.05. The minimum Gasteiger partial charge on any atom is -0.490 e. The van der Waals surface area contributed by atoms with E-state index in [1.807, 2.05) is 20.8 Å². The first-order valence-electron chi connectivity index (χ1n) is 9.04. The molecule has 0 unspecified atom stereocenters. The monoisotopic (exact) mass is 361 g/mol. The Kier molecular flexibility index (Phi) is 7.32. The van der Waals surface area contributed by atoms with E-state index in [0.717, 1.165) is 13.0 Å². The molecule has 7 nitrogen and oxygen atoms in total. The van der Waals surface area contributed by atoms with Crippen molar-refractivity contribution in [1.29, 1.82) is 0 Å². The molecular formula is C19H27N3O4. The topological polar surface area (TPSA) is 74.6 Å². The molecule has 0 aliphatic carbocycles. The summed E-state index contributed by atoms with van der Waals surface area (Å²) in [5.74, 6) is 1.90. The SMILES string of the molecule is CCCn1nccc1NC(=O)c1cc(OCC)c(OCC)c(OCC)c1. The number of carbonyl (C=O) groups is 1. The van der Waals surface area contributed by atoms with Crippen molar-refractivity contribution < 1.29 is 19.0 Å². The largest absolute Gasteiger partial charge is 0.490 e. The zero-order valence-electron chi connectivity index (χ0n) is 15.9. The second-order valence-electron chi connectivity index (χ2n) is 5.49. The van der Waals surface area contributed by atoms with E-state index < -0.39 is 0 Å². The first-order valence-corrected chi connectivity index (χ1v) is 9.04. The fourth-order valence-electron chi connectivity index (χ4n) is 2.54. The number of aromatic nitrogens is 2. The molecule has 7 heteroatoms. The molecule has 1 N–H and O–H groups in total. The summed E-state index contributed by atoms with van der Waals surface area (Å²) in [4.78, 5) is 12.7. The van der Waals surface area contributed by atoms with Gasteiger partial charge >= 0.3 is 0 Å². The molecule has 0 bridgehead atoms. The molecular weight excluding hydrogens is 334 g/mol. The number of nitrogens with zero attached hydrogens (tertiary/aromatic N) is 2. The predicted molar refractivity (Wildman–Crippen MR) is 100 cm³/mol. The number of nitrogens with one attached hydrogen (secondary N) is 1. The van der Waals surface area contributed by atoms with Gasteiger partial charge in [-0.25, -0.2) is 4.68 Å². The Hall–Kier alpha value is -2.70. The number of ether oxygens (including phenoxy) is 3. The maximum Gasteiger partial charge on any atom is 0.257 e. The third-order valence-corrected chi connectivity index (χ3v) is 3.56. The molecule has 26 heavy (non-hydrogen) atoms. The highest BCUT2D eigenvalue weighted by Gasteiger charge is 2.19. The van der Waals surface area contributed by atoms with Gasteiger partial charge in [-0.3, -0.25) is 4.79 Å². The maximum absolute atomic E-state index is 12.7. The van der Waals surface area contributed by atoms with Crippen molar-refractivity contribution in [2.45, 2.75) is 40.7 Å². The number of rotatable bonds is 10. The van der Waals surface area contributed by atoms with E-state index in [1.165, 1.54) is 0 Å². The lowest BCUT2D eigenvalue weighted by molar-refractivity contribution is 0.102. The van der Waals surface area contributed by atoms with Gasteiger partial charge in [0, 0.05) is 18.2 Å². The Morgan fingerprint density at radius 2 is 1.65 bits per heavy atom. The standard InChI is InChI=1S/C19H27N3O4/c1-5-11-22-17(9-10-20-22)21-19(23)14-12-15(24-6-2)18(26-8-4)16(13-14)25-7-3/h9-10,12-13H,5-8,11H2,1-4H3,(H,21,23). The van der Waals surface area contributed by atoms with Gasteiger partial charge in [-0.15, -0.1) is 0 Å². The maximum atomic E-state index is 12.7. The van der Waals surface area contributed by atoms with E-state index in [9.17, 15) is 4.79 Å². The van der Waals surface area contributed by atoms with Crippen molar-refractivity contribution in [2.24, 2.45) is 0 Å². The van der Waals surface area contributed by atoms with Gasteiger partial charge in [0.2, 0.25) is 5.75 Å². The van der Waals surface area contributed by atoms with Gasteiger partial charge in [0.05, 0.1) is 26.0 Å². The van der Waals surface area contributed by atoms with Crippen LogP contribution in [0.3, 0.4) is 0 Å². The van der Waals surface area contributed by atoms with Crippen LogP contribution in [0.1, 0.15) is 44.5 Å². The minimum absolute atomic E-state index is 0.257. The summed E-state index contributed by atoms with van der Waals surface area (Å²) in [5.41, 5.74) is 0.435. The van der Waals surface area contributed by atoms with Crippen molar-refractivity contribution in [3.63, 3.8) is 0 Å². The zero-order valence-corrected chi connectivity index (χ0v) is 15.9. The van der Waals surface area contributed by atoms with Crippen LogP contribution in [-0.2, 0) is 6.54 Å². The molecule has 1 aromatic carbocycles. The summed E-state index contributed by atoms with van der Waals surface area (Å²) in [6, 6.07) is 5.12. The summed E-state index contributed by atoms with van der Waals surface area (Å²) >= 11 is 0. The molecule has 0 spiro atoms. The molecule has 0 fully saturated rings. The molecule has 0 radical (unpaired) electrons. The molecule has 0 saturated carbocycles. The highest BCUT2D eigenvalue weighted by Crippen LogP contribution is 2.39. The lowest BCUT2D eigenvalue weighted by Gasteiger charge is -2.17. The fraction of sp³-hybridized carbons (Fsp3) is 0.474. The van der Waals surface area contributed by atoms with Crippen molar-refractivity contribution in [1.82, 2.24) is 9.78 Å². The van der Waals surface area contributed by atoms with E-state index in [1.54, 1.807) is 29.1 Å². The van der Waals surface area contributed by atoms with Gasteiger partial charge in [0.25, 0.3) is 5.91 Å². The number of aryl methyl sites for hydroxylation is 1. The van der Waals surface area contributed by atoms with Crippen LogP contribution in [0.15, 0.2) is 24.4 Å². The molecule has 0 saturated heterocycles. The van der Waals surface area contributed by atoms with E-state index in [4.69, 9.17) is 14.2 Å². The van der Waals surface area contributed by atoms with E-state index in [2.05, 4.69) is 17.3 Å². The summed E-state index contributed by atoms with van der Waals surface area (Å²) in [6.45, 7) is 9.84. The normalized spacial score (nSPS) is 10.5. The van der Waals surface area contributed by atoms with Crippen LogP contribution in [0.25, 0.3) is 0 Å². The van der Waals surface area contributed by atoms with Crippen LogP contribution in [0.5, 0.6) is 17.2 Å². The Bertz CT molecular complexity index is 700. The first kappa shape index (κ1) is 19.6. The zero-order chi connectivity index (χ0) is 18.9. The quantitative estimate of drug-likeness (QED) is 0.698. The second kappa shape index (κ2) is 9.70. The summed E-state index contributed by atoms with van der Waals surface area (Å²) < 4.78 is 18.8. The molecule has 142 valence electrons. The lowest BCUT2D eigenvalue weighted by atomic mass is 10.1. The highest BCUT2D eigenvalue weighted by atomic mass is 16.5. The van der Waals surface area contributed by atoms with Crippen molar-refractivity contribution >= 4 is 11.7 Å². The third-order valence-electron chi connectivity index (χ3n) is 3.56. The van der Waals surface area contributed by atoms with Crippen LogP contribution < -0.4 is 19.5 Å². The lowest BCUT2D eigenvalue weighted by Crippen LogP contribution is -2.16. The van der Waals surface area contributed by atoms with Crippen molar-refractivity contribution in [2.75, 3.05) is 25.1 Å². The molecule has 0 atom stereocenters. The van der Waals surface area contributed by atoms with Gasteiger partial charge in [-0.05, 0) is 39.3 Å². The minimum atomic E-state index is -0.257. The van der Waals surface area contributed by atoms with E-state index >= 15 is 0 Å². The van der Waals surface area contributed by atoms with Gasteiger partial charge in [-0.1, -0.05) is 6.92 Å². The summed E-state index contributed by atoms with van der Waals surface area (Å²) in [5, 5.41) is 7.11. The number of anilines is 1.